The van der Waals surface area contributed by atoms with Gasteiger partial charge in [-0.1, -0.05) is 36.4 Å². The maximum atomic E-state index is 13.0. The number of nitrogens with zero attached hydrogens (tertiary/aromatic N) is 1. The van der Waals surface area contributed by atoms with Crippen molar-refractivity contribution < 1.29 is 14.3 Å². The van der Waals surface area contributed by atoms with Crippen molar-refractivity contribution in [1.29, 1.82) is 0 Å². The fourth-order valence-electron chi connectivity index (χ4n) is 4.09. The molecule has 0 radical (unpaired) electrons. The summed E-state index contributed by atoms with van der Waals surface area (Å²) in [6.45, 7) is 2.66. The van der Waals surface area contributed by atoms with E-state index < -0.39 is 0 Å². The predicted molar refractivity (Wildman–Crippen MR) is 105 cm³/mol. The third-order valence-electron chi connectivity index (χ3n) is 5.70. The average Bonchev–Trinajstić information content (AvgIpc) is 3.25. The molecule has 142 valence electrons. The van der Waals surface area contributed by atoms with Crippen LogP contribution in [0.1, 0.15) is 36.0 Å². The molecule has 2 saturated heterocycles. The maximum absolute atomic E-state index is 13.0. The van der Waals surface area contributed by atoms with E-state index in [2.05, 4.69) is 5.32 Å². The van der Waals surface area contributed by atoms with Crippen LogP contribution in [0.15, 0.2) is 42.5 Å². The molecule has 4 rings (SSSR count). The molecule has 0 bridgehead atoms. The molecular formula is C22H26N2O3. The molecule has 1 N–H and O–H groups in total. The normalized spacial score (nSPS) is 20.7. The number of hydrogen-bond donors (Lipinski definition) is 1. The molecule has 5 nitrogen and oxygen atoms in total. The third kappa shape index (κ3) is 3.98. The van der Waals surface area contributed by atoms with E-state index in [1.54, 1.807) is 0 Å². The number of nitrogens with one attached hydrogen (secondary N) is 1. The first kappa shape index (κ1) is 18.0. The van der Waals surface area contributed by atoms with Crippen LogP contribution in [0.2, 0.25) is 0 Å². The van der Waals surface area contributed by atoms with E-state index in [9.17, 15) is 9.59 Å². The quantitative estimate of drug-likeness (QED) is 0.905. The number of carbonyl (C=O) groups is 2. The van der Waals surface area contributed by atoms with Crippen molar-refractivity contribution in [3.8, 4) is 0 Å². The smallest absolute Gasteiger partial charge is 0.254 e. The van der Waals surface area contributed by atoms with Crippen LogP contribution in [-0.2, 0) is 9.53 Å². The number of amides is 2. The van der Waals surface area contributed by atoms with Gasteiger partial charge in [-0.05, 0) is 42.5 Å². The van der Waals surface area contributed by atoms with Crippen LogP contribution in [0.25, 0.3) is 10.8 Å². The fraction of sp³-hybridized carbons (Fsp3) is 0.455. The van der Waals surface area contributed by atoms with Gasteiger partial charge in [0.05, 0.1) is 6.10 Å². The second-order valence-corrected chi connectivity index (χ2v) is 7.47. The first-order valence-electron chi connectivity index (χ1n) is 9.89. The summed E-state index contributed by atoms with van der Waals surface area (Å²) < 4.78 is 5.56. The predicted octanol–water partition coefficient (Wildman–Crippen LogP) is 2.99. The Balaban J connectivity index is 1.34. The van der Waals surface area contributed by atoms with Crippen molar-refractivity contribution in [3.05, 3.63) is 48.0 Å². The number of piperidine rings is 1. The number of rotatable bonds is 4. The summed E-state index contributed by atoms with van der Waals surface area (Å²) in [6.07, 6.45) is 3.71. The van der Waals surface area contributed by atoms with Gasteiger partial charge < -0.3 is 15.0 Å². The van der Waals surface area contributed by atoms with Gasteiger partial charge >= 0.3 is 0 Å². The minimum absolute atomic E-state index is 0.0111. The second kappa shape index (κ2) is 8.09. The SMILES string of the molecule is O=C(NCC1CCCO1)C1CCN(C(=O)c2cccc3ccccc23)CC1. The lowest BCUT2D eigenvalue weighted by Gasteiger charge is -2.31. The third-order valence-corrected chi connectivity index (χ3v) is 5.70. The summed E-state index contributed by atoms with van der Waals surface area (Å²) >= 11 is 0. The highest BCUT2D eigenvalue weighted by atomic mass is 16.5. The molecule has 2 aromatic carbocycles. The summed E-state index contributed by atoms with van der Waals surface area (Å²) in [7, 11) is 0. The molecule has 0 spiro atoms. The van der Waals surface area contributed by atoms with Crippen molar-refractivity contribution in [2.75, 3.05) is 26.2 Å². The Morgan fingerprint density at radius 3 is 2.59 bits per heavy atom. The molecule has 0 aliphatic carbocycles. The van der Waals surface area contributed by atoms with Crippen molar-refractivity contribution in [2.24, 2.45) is 5.92 Å². The van der Waals surface area contributed by atoms with Crippen LogP contribution in [0.4, 0.5) is 0 Å². The lowest BCUT2D eigenvalue weighted by molar-refractivity contribution is -0.126. The van der Waals surface area contributed by atoms with Gasteiger partial charge in [-0.25, -0.2) is 0 Å². The van der Waals surface area contributed by atoms with Gasteiger partial charge in [0.2, 0.25) is 5.91 Å². The molecule has 2 heterocycles. The van der Waals surface area contributed by atoms with E-state index in [0.29, 0.717) is 32.5 Å². The standard InChI is InChI=1S/C22H26N2O3/c25-21(23-15-18-7-4-14-27-18)17-10-12-24(13-11-17)22(26)20-9-3-6-16-5-1-2-8-19(16)20/h1-3,5-6,8-9,17-18H,4,7,10-15H2,(H,23,25). The summed E-state index contributed by atoms with van der Waals surface area (Å²) in [6, 6.07) is 13.8. The first-order valence-corrected chi connectivity index (χ1v) is 9.89. The zero-order chi connectivity index (χ0) is 18.6. The van der Waals surface area contributed by atoms with E-state index in [4.69, 9.17) is 4.74 Å². The number of likely N-dealkylation sites (tertiary alicyclic amines) is 1. The zero-order valence-electron chi connectivity index (χ0n) is 15.5. The van der Waals surface area contributed by atoms with Gasteiger partial charge in [-0.15, -0.1) is 0 Å². The van der Waals surface area contributed by atoms with Crippen LogP contribution in [0.5, 0.6) is 0 Å². The molecule has 2 amide bonds. The first-order chi connectivity index (χ1) is 13.2. The molecule has 2 aliphatic heterocycles. The van der Waals surface area contributed by atoms with E-state index in [0.717, 1.165) is 35.8 Å². The van der Waals surface area contributed by atoms with Crippen molar-refractivity contribution in [1.82, 2.24) is 10.2 Å². The van der Waals surface area contributed by atoms with Crippen LogP contribution in [0, 0.1) is 5.92 Å². The Labute approximate surface area is 159 Å². The van der Waals surface area contributed by atoms with Gasteiger partial charge in [0.1, 0.15) is 0 Å². The summed E-state index contributed by atoms with van der Waals surface area (Å²) in [5, 5.41) is 5.09. The maximum Gasteiger partial charge on any atom is 0.254 e. The topological polar surface area (TPSA) is 58.6 Å². The minimum Gasteiger partial charge on any atom is -0.376 e. The Hall–Kier alpha value is -2.40. The highest BCUT2D eigenvalue weighted by Gasteiger charge is 2.29. The second-order valence-electron chi connectivity index (χ2n) is 7.47. The fourth-order valence-corrected chi connectivity index (χ4v) is 4.09. The highest BCUT2D eigenvalue weighted by molar-refractivity contribution is 6.07. The van der Waals surface area contributed by atoms with Gasteiger partial charge in [-0.2, -0.15) is 0 Å². The molecule has 2 fully saturated rings. The van der Waals surface area contributed by atoms with Gasteiger partial charge in [-0.3, -0.25) is 9.59 Å². The van der Waals surface area contributed by atoms with Crippen LogP contribution < -0.4 is 5.32 Å². The van der Waals surface area contributed by atoms with E-state index in [-0.39, 0.29) is 23.8 Å². The highest BCUT2D eigenvalue weighted by Crippen LogP contribution is 2.24. The summed E-state index contributed by atoms with van der Waals surface area (Å²) in [5.74, 6) is 0.149. The molecule has 2 aliphatic rings. The van der Waals surface area contributed by atoms with Crippen molar-refractivity contribution in [3.63, 3.8) is 0 Å². The van der Waals surface area contributed by atoms with E-state index in [1.807, 2.05) is 47.4 Å². The number of fused-ring (bicyclic) bond motifs is 1. The lowest BCUT2D eigenvalue weighted by Crippen LogP contribution is -2.44. The monoisotopic (exact) mass is 366 g/mol. The Bertz CT molecular complexity index is 816. The molecule has 0 saturated carbocycles. The zero-order valence-corrected chi connectivity index (χ0v) is 15.5. The molecule has 27 heavy (non-hydrogen) atoms. The molecule has 2 aromatic rings. The largest absolute Gasteiger partial charge is 0.376 e. The van der Waals surface area contributed by atoms with Gasteiger partial charge in [0.15, 0.2) is 0 Å². The van der Waals surface area contributed by atoms with Crippen LogP contribution in [-0.4, -0.2) is 49.1 Å². The summed E-state index contributed by atoms with van der Waals surface area (Å²) in [5.41, 5.74) is 0.745. The molecule has 1 unspecified atom stereocenters. The van der Waals surface area contributed by atoms with Crippen molar-refractivity contribution in [2.45, 2.75) is 31.8 Å². The molecule has 1 atom stereocenters. The van der Waals surface area contributed by atoms with Gasteiger partial charge in [0.25, 0.3) is 5.91 Å². The lowest BCUT2D eigenvalue weighted by atomic mass is 9.94. The van der Waals surface area contributed by atoms with Crippen LogP contribution in [0.3, 0.4) is 0 Å². The number of hydrogen-bond acceptors (Lipinski definition) is 3. The van der Waals surface area contributed by atoms with E-state index >= 15 is 0 Å². The van der Waals surface area contributed by atoms with Crippen LogP contribution >= 0.6 is 0 Å². The Morgan fingerprint density at radius 2 is 1.81 bits per heavy atom. The number of benzene rings is 2. The number of ether oxygens (including phenoxy) is 1. The Kier molecular flexibility index (Phi) is 5.39. The molecule has 0 aromatic heterocycles. The minimum atomic E-state index is -0.0111. The van der Waals surface area contributed by atoms with E-state index in [1.165, 1.54) is 0 Å². The van der Waals surface area contributed by atoms with Crippen molar-refractivity contribution >= 4 is 22.6 Å². The van der Waals surface area contributed by atoms with Gasteiger partial charge in [0, 0.05) is 37.7 Å². The number of carbonyl (C=O) groups excluding carboxylic acids is 2. The molecular weight excluding hydrogens is 340 g/mol. The Morgan fingerprint density at radius 1 is 1.04 bits per heavy atom. The molecule has 5 heteroatoms. The summed E-state index contributed by atoms with van der Waals surface area (Å²) in [4.78, 5) is 27.3. The average molecular weight is 366 g/mol.